The molecule has 0 amide bonds. The van der Waals surface area contributed by atoms with Crippen molar-refractivity contribution in [3.8, 4) is 0 Å². The minimum absolute atomic E-state index is 0.160. The highest BCUT2D eigenvalue weighted by Crippen LogP contribution is 2.29. The molecule has 1 fully saturated rings. The molecule has 0 bridgehead atoms. The van der Waals surface area contributed by atoms with Crippen molar-refractivity contribution in [3.05, 3.63) is 0 Å². The average Bonchev–Trinajstić information content (AvgIpc) is 2.20. The van der Waals surface area contributed by atoms with Crippen molar-refractivity contribution in [2.24, 2.45) is 5.92 Å². The number of hydrogen-bond donors (Lipinski definition) is 1. The molecule has 0 aliphatic heterocycles. The van der Waals surface area contributed by atoms with Crippen LogP contribution in [0.15, 0.2) is 0 Å². The molecule has 1 saturated carbocycles. The highest BCUT2D eigenvalue weighted by atomic mass is 16.4. The Balaban J connectivity index is 2.60. The van der Waals surface area contributed by atoms with E-state index in [0.717, 1.165) is 6.54 Å². The van der Waals surface area contributed by atoms with E-state index in [4.69, 9.17) is 5.11 Å². The van der Waals surface area contributed by atoms with E-state index in [-0.39, 0.29) is 12.5 Å². The Morgan fingerprint density at radius 3 is 2.56 bits per heavy atom. The summed E-state index contributed by atoms with van der Waals surface area (Å²) >= 11 is 0. The van der Waals surface area contributed by atoms with Crippen LogP contribution in [0.5, 0.6) is 0 Å². The Morgan fingerprint density at radius 1 is 1.44 bits per heavy atom. The lowest BCUT2D eigenvalue weighted by molar-refractivity contribution is -0.138. The van der Waals surface area contributed by atoms with E-state index >= 15 is 0 Å². The second kappa shape index (κ2) is 6.24. The van der Waals surface area contributed by atoms with E-state index in [9.17, 15) is 4.79 Å². The summed E-state index contributed by atoms with van der Waals surface area (Å²) in [5, 5.41) is 8.87. The van der Waals surface area contributed by atoms with Gasteiger partial charge in [-0.15, -0.1) is 0 Å². The van der Waals surface area contributed by atoms with E-state index < -0.39 is 5.97 Å². The molecular weight excluding hydrogens is 202 g/mol. The quantitative estimate of drug-likeness (QED) is 0.785. The maximum Gasteiger partial charge on any atom is 0.304 e. The average molecular weight is 227 g/mol. The smallest absolute Gasteiger partial charge is 0.304 e. The standard InChI is InChI=1S/C13H25NO2/c1-4-14(11(3)9-13(15)16)12-8-6-5-7-10(12)2/h10-12H,4-9H2,1-3H3,(H,15,16). The fourth-order valence-corrected chi connectivity index (χ4v) is 3.03. The first kappa shape index (κ1) is 13.5. The maximum atomic E-state index is 10.8. The predicted octanol–water partition coefficient (Wildman–Crippen LogP) is 2.75. The summed E-state index contributed by atoms with van der Waals surface area (Å²) < 4.78 is 0. The Bertz CT molecular complexity index is 230. The van der Waals surface area contributed by atoms with Crippen LogP contribution >= 0.6 is 0 Å². The summed E-state index contributed by atoms with van der Waals surface area (Å²) in [4.78, 5) is 13.2. The molecule has 0 spiro atoms. The second-order valence-corrected chi connectivity index (χ2v) is 5.11. The molecule has 1 aliphatic carbocycles. The Morgan fingerprint density at radius 2 is 2.06 bits per heavy atom. The third-order valence-electron chi connectivity index (χ3n) is 3.89. The van der Waals surface area contributed by atoms with Gasteiger partial charge >= 0.3 is 5.97 Å². The first-order valence-electron chi connectivity index (χ1n) is 6.53. The van der Waals surface area contributed by atoms with Crippen molar-refractivity contribution in [2.45, 2.75) is 65.0 Å². The van der Waals surface area contributed by atoms with Gasteiger partial charge in [0.05, 0.1) is 6.42 Å². The number of nitrogens with zero attached hydrogens (tertiary/aromatic N) is 1. The lowest BCUT2D eigenvalue weighted by Gasteiger charge is -2.41. The van der Waals surface area contributed by atoms with Crippen LogP contribution < -0.4 is 0 Å². The van der Waals surface area contributed by atoms with Gasteiger partial charge in [-0.25, -0.2) is 0 Å². The van der Waals surface area contributed by atoms with Crippen LogP contribution in [-0.4, -0.2) is 34.6 Å². The van der Waals surface area contributed by atoms with Gasteiger partial charge in [0.2, 0.25) is 0 Å². The number of carbonyl (C=O) groups is 1. The third kappa shape index (κ3) is 3.48. The van der Waals surface area contributed by atoms with Crippen molar-refractivity contribution < 1.29 is 9.90 Å². The number of hydrogen-bond acceptors (Lipinski definition) is 2. The van der Waals surface area contributed by atoms with E-state index in [0.29, 0.717) is 12.0 Å². The molecule has 0 aromatic carbocycles. The number of rotatable bonds is 5. The third-order valence-corrected chi connectivity index (χ3v) is 3.89. The van der Waals surface area contributed by atoms with Gasteiger partial charge < -0.3 is 5.11 Å². The summed E-state index contributed by atoms with van der Waals surface area (Å²) in [6.45, 7) is 7.45. The molecule has 3 heteroatoms. The second-order valence-electron chi connectivity index (χ2n) is 5.11. The highest BCUT2D eigenvalue weighted by Gasteiger charge is 2.29. The minimum Gasteiger partial charge on any atom is -0.481 e. The molecule has 94 valence electrons. The summed E-state index contributed by atoms with van der Waals surface area (Å²) in [6.07, 6.45) is 5.42. The van der Waals surface area contributed by atoms with Gasteiger partial charge in [-0.1, -0.05) is 26.7 Å². The predicted molar refractivity (Wildman–Crippen MR) is 65.5 cm³/mol. The summed E-state index contributed by atoms with van der Waals surface area (Å²) in [5.41, 5.74) is 0. The van der Waals surface area contributed by atoms with Crippen molar-refractivity contribution in [3.63, 3.8) is 0 Å². The fraction of sp³-hybridized carbons (Fsp3) is 0.923. The van der Waals surface area contributed by atoms with Crippen LogP contribution in [-0.2, 0) is 4.79 Å². The molecule has 3 atom stereocenters. The molecule has 0 radical (unpaired) electrons. The molecule has 1 N–H and O–H groups in total. The molecule has 0 heterocycles. The topological polar surface area (TPSA) is 40.5 Å². The summed E-state index contributed by atoms with van der Waals surface area (Å²) in [7, 11) is 0. The van der Waals surface area contributed by atoms with Crippen LogP contribution in [0, 0.1) is 5.92 Å². The van der Waals surface area contributed by atoms with Gasteiger partial charge in [0.1, 0.15) is 0 Å². The van der Waals surface area contributed by atoms with E-state index in [1.807, 2.05) is 6.92 Å². The van der Waals surface area contributed by atoms with Crippen molar-refractivity contribution in [1.82, 2.24) is 4.90 Å². The molecule has 16 heavy (non-hydrogen) atoms. The first-order chi connectivity index (χ1) is 7.56. The Hall–Kier alpha value is -0.570. The fourth-order valence-electron chi connectivity index (χ4n) is 3.03. The lowest BCUT2D eigenvalue weighted by Crippen LogP contribution is -2.47. The van der Waals surface area contributed by atoms with Crippen LogP contribution in [0.2, 0.25) is 0 Å². The lowest BCUT2D eigenvalue weighted by atomic mass is 9.84. The monoisotopic (exact) mass is 227 g/mol. The number of carboxylic acids is 1. The number of aliphatic carboxylic acids is 1. The van der Waals surface area contributed by atoms with E-state index in [1.54, 1.807) is 0 Å². The molecule has 0 aromatic heterocycles. The van der Waals surface area contributed by atoms with Gasteiger partial charge in [-0.2, -0.15) is 0 Å². The largest absolute Gasteiger partial charge is 0.481 e. The molecule has 3 nitrogen and oxygen atoms in total. The zero-order chi connectivity index (χ0) is 12.1. The summed E-state index contributed by atoms with van der Waals surface area (Å²) in [6, 6.07) is 0.751. The first-order valence-corrected chi connectivity index (χ1v) is 6.53. The molecular formula is C13H25NO2. The molecule has 0 aromatic rings. The summed E-state index contributed by atoms with van der Waals surface area (Å²) in [5.74, 6) is 0.0272. The molecule has 1 rings (SSSR count). The van der Waals surface area contributed by atoms with Gasteiger partial charge in [0, 0.05) is 12.1 Å². The Labute approximate surface area is 98.8 Å². The van der Waals surface area contributed by atoms with Crippen molar-refractivity contribution in [1.29, 1.82) is 0 Å². The number of carboxylic acid groups (broad SMARTS) is 1. The van der Waals surface area contributed by atoms with Crippen LogP contribution in [0.3, 0.4) is 0 Å². The van der Waals surface area contributed by atoms with E-state index in [2.05, 4.69) is 18.7 Å². The highest BCUT2D eigenvalue weighted by molar-refractivity contribution is 5.67. The van der Waals surface area contributed by atoms with Crippen LogP contribution in [0.4, 0.5) is 0 Å². The van der Waals surface area contributed by atoms with Crippen LogP contribution in [0.25, 0.3) is 0 Å². The molecule has 1 aliphatic rings. The maximum absolute atomic E-state index is 10.8. The SMILES string of the molecule is CCN(C(C)CC(=O)O)C1CCCCC1C. The minimum atomic E-state index is -0.686. The van der Waals surface area contributed by atoms with Crippen molar-refractivity contribution >= 4 is 5.97 Å². The van der Waals surface area contributed by atoms with Crippen molar-refractivity contribution in [2.75, 3.05) is 6.54 Å². The molecule has 0 saturated heterocycles. The zero-order valence-corrected chi connectivity index (χ0v) is 10.8. The van der Waals surface area contributed by atoms with Gasteiger partial charge in [0.25, 0.3) is 0 Å². The Kier molecular flexibility index (Phi) is 5.26. The van der Waals surface area contributed by atoms with Gasteiger partial charge in [-0.05, 0) is 32.2 Å². The molecule has 3 unspecified atom stereocenters. The van der Waals surface area contributed by atoms with E-state index in [1.165, 1.54) is 25.7 Å². The zero-order valence-electron chi connectivity index (χ0n) is 10.8. The van der Waals surface area contributed by atoms with Gasteiger partial charge in [-0.3, -0.25) is 9.69 Å². The van der Waals surface area contributed by atoms with Crippen LogP contribution in [0.1, 0.15) is 52.9 Å². The van der Waals surface area contributed by atoms with Gasteiger partial charge in [0.15, 0.2) is 0 Å². The normalized spacial score (nSPS) is 28.0.